The number of fused-ring (bicyclic) bond motifs is 3. The van der Waals surface area contributed by atoms with Crippen molar-refractivity contribution in [2.24, 2.45) is 34.0 Å². The molecule has 6 fully saturated rings. The van der Waals surface area contributed by atoms with Gasteiger partial charge < -0.3 is 14.4 Å². The molecule has 1 N–H and O–H groups in total. The average molecular weight is 526 g/mol. The van der Waals surface area contributed by atoms with Crippen molar-refractivity contribution in [2.75, 3.05) is 39.5 Å². The second-order valence-corrected chi connectivity index (χ2v) is 12.7. The largest absolute Gasteiger partial charge is 0.449 e. The number of hydrogen-bond donors (Lipinski definition) is 1. The van der Waals surface area contributed by atoms with Gasteiger partial charge in [-0.2, -0.15) is 8.42 Å². The van der Waals surface area contributed by atoms with Gasteiger partial charge in [-0.05, 0) is 55.4 Å². The maximum atomic E-state index is 13.8. The number of amides is 1. The number of morpholine rings is 1. The molecule has 6 rings (SSSR count). The van der Waals surface area contributed by atoms with Gasteiger partial charge in [0.05, 0.1) is 31.8 Å². The third kappa shape index (κ3) is 3.93. The summed E-state index contributed by atoms with van der Waals surface area (Å²) in [6.07, 6.45) is 3.27. The Labute approximate surface area is 211 Å². The van der Waals surface area contributed by atoms with Gasteiger partial charge in [-0.1, -0.05) is 19.9 Å². The molecule has 6 atom stereocenters. The molecule has 3 unspecified atom stereocenters. The van der Waals surface area contributed by atoms with E-state index in [1.54, 1.807) is 4.90 Å². The summed E-state index contributed by atoms with van der Waals surface area (Å²) in [6.45, 7) is 7.51. The number of Topliss-reactive ketones (excluding diaryl/α,β-unsaturated/α-hetero) is 2. The summed E-state index contributed by atoms with van der Waals surface area (Å²) in [5.41, 5.74) is -2.19. The predicted octanol–water partition coefficient (Wildman–Crippen LogP) is 2.58. The molecule has 10 nitrogen and oxygen atoms in total. The van der Waals surface area contributed by atoms with Crippen molar-refractivity contribution in [3.63, 3.8) is 0 Å². The van der Waals surface area contributed by atoms with Gasteiger partial charge in [0.1, 0.15) is 5.78 Å². The maximum Gasteiger partial charge on any atom is 0.409 e. The number of nitrogens with zero attached hydrogens (tertiary/aromatic N) is 1. The summed E-state index contributed by atoms with van der Waals surface area (Å²) >= 11 is 0. The number of hydrogen-bond acceptors (Lipinski definition) is 8. The van der Waals surface area contributed by atoms with Gasteiger partial charge in [0, 0.05) is 30.3 Å². The molecule has 0 aromatic rings. The van der Waals surface area contributed by atoms with Crippen LogP contribution < -0.4 is 0 Å². The van der Waals surface area contributed by atoms with Gasteiger partial charge in [0.2, 0.25) is 0 Å². The minimum absolute atomic E-state index is 0.0501. The molecule has 1 aliphatic heterocycles. The molecule has 1 amide bonds. The highest BCUT2D eigenvalue weighted by atomic mass is 32.3. The van der Waals surface area contributed by atoms with Crippen LogP contribution in [0.4, 0.5) is 4.79 Å². The highest BCUT2D eigenvalue weighted by Gasteiger charge is 2.72. The van der Waals surface area contributed by atoms with Crippen LogP contribution in [0.3, 0.4) is 0 Å². The van der Waals surface area contributed by atoms with E-state index in [2.05, 4.69) is 6.58 Å². The second kappa shape index (κ2) is 8.89. The Balaban J connectivity index is 1.49. The van der Waals surface area contributed by atoms with E-state index in [1.807, 2.05) is 6.92 Å². The van der Waals surface area contributed by atoms with Crippen LogP contribution >= 0.6 is 0 Å². The standard InChI is InChI=1S/C25H35NO9S/c1-16-17-4-7-25(21(16)28)19(12-17)24(15-35-36(30,31)32)6-3-5-23(2,18(24)13-20(25)27)14-34-22(29)26-8-10-33-11-9-26/h17-19H,1,3-15H2,2H3,(H,30,31,32)/t17-,18?,19?,23+,24+,25?/m1/s1. The Morgan fingerprint density at radius 2 is 1.89 bits per heavy atom. The minimum atomic E-state index is -4.74. The zero-order chi connectivity index (χ0) is 25.9. The van der Waals surface area contributed by atoms with Crippen molar-refractivity contribution in [1.29, 1.82) is 0 Å². The van der Waals surface area contributed by atoms with E-state index in [1.165, 1.54) is 0 Å². The van der Waals surface area contributed by atoms with Crippen LogP contribution in [-0.2, 0) is 33.6 Å². The first-order valence-corrected chi connectivity index (χ1v) is 14.2. The molecule has 2 bridgehead atoms. The lowest BCUT2D eigenvalue weighted by Gasteiger charge is -2.66. The number of rotatable bonds is 5. The first-order chi connectivity index (χ1) is 16.9. The Bertz CT molecular complexity index is 1080. The van der Waals surface area contributed by atoms with Gasteiger partial charge in [0.25, 0.3) is 0 Å². The number of allylic oxidation sites excluding steroid dienone is 1. The van der Waals surface area contributed by atoms with Gasteiger partial charge in [-0.25, -0.2) is 8.98 Å². The first-order valence-electron chi connectivity index (χ1n) is 12.8. The maximum absolute atomic E-state index is 13.8. The van der Waals surface area contributed by atoms with Crippen LogP contribution in [0.15, 0.2) is 12.2 Å². The average Bonchev–Trinajstić information content (AvgIpc) is 2.85. The normalized spacial score (nSPS) is 40.6. The van der Waals surface area contributed by atoms with Crippen LogP contribution in [0.25, 0.3) is 0 Å². The Kier molecular flexibility index (Phi) is 6.37. The fourth-order valence-corrected chi connectivity index (χ4v) is 8.59. The van der Waals surface area contributed by atoms with E-state index < -0.39 is 38.7 Å². The lowest BCUT2D eigenvalue weighted by molar-refractivity contribution is -0.199. The van der Waals surface area contributed by atoms with E-state index in [0.717, 1.165) is 0 Å². The summed E-state index contributed by atoms with van der Waals surface area (Å²) in [5, 5.41) is 0. The summed E-state index contributed by atoms with van der Waals surface area (Å²) < 4.78 is 49.0. The Morgan fingerprint density at radius 3 is 2.58 bits per heavy atom. The van der Waals surface area contributed by atoms with Crippen molar-refractivity contribution in [3.05, 3.63) is 12.2 Å². The number of carbonyl (C=O) groups excluding carboxylic acids is 3. The van der Waals surface area contributed by atoms with Crippen LogP contribution in [0.5, 0.6) is 0 Å². The summed E-state index contributed by atoms with van der Waals surface area (Å²) in [4.78, 5) is 41.7. The smallest absolute Gasteiger partial charge is 0.409 e. The van der Waals surface area contributed by atoms with E-state index in [4.69, 9.17) is 13.7 Å². The van der Waals surface area contributed by atoms with Crippen molar-refractivity contribution >= 4 is 28.1 Å². The lowest BCUT2D eigenvalue weighted by Crippen LogP contribution is -2.69. The first kappa shape index (κ1) is 25.8. The van der Waals surface area contributed by atoms with Crippen LogP contribution in [0.1, 0.15) is 51.9 Å². The van der Waals surface area contributed by atoms with Crippen LogP contribution in [0, 0.1) is 34.0 Å². The molecule has 0 radical (unpaired) electrons. The van der Waals surface area contributed by atoms with E-state index in [-0.39, 0.29) is 43.0 Å². The molecule has 0 aromatic carbocycles. The fourth-order valence-electron chi connectivity index (χ4n) is 8.22. The molecular formula is C25H35NO9S. The number of ether oxygens (including phenoxy) is 2. The highest BCUT2D eigenvalue weighted by Crippen LogP contribution is 2.70. The number of ketones is 2. The lowest BCUT2D eigenvalue weighted by atomic mass is 9.36. The quantitative estimate of drug-likeness (QED) is 0.326. The monoisotopic (exact) mass is 525 g/mol. The summed E-state index contributed by atoms with van der Waals surface area (Å²) in [7, 11) is -4.74. The molecule has 5 saturated carbocycles. The topological polar surface area (TPSA) is 137 Å². The van der Waals surface area contributed by atoms with E-state index >= 15 is 0 Å². The predicted molar refractivity (Wildman–Crippen MR) is 126 cm³/mol. The van der Waals surface area contributed by atoms with Crippen molar-refractivity contribution in [1.82, 2.24) is 4.90 Å². The van der Waals surface area contributed by atoms with Crippen molar-refractivity contribution in [3.8, 4) is 0 Å². The Morgan fingerprint density at radius 1 is 1.17 bits per heavy atom. The highest BCUT2D eigenvalue weighted by molar-refractivity contribution is 7.80. The molecule has 0 aromatic heterocycles. The van der Waals surface area contributed by atoms with Gasteiger partial charge in [-0.15, -0.1) is 0 Å². The number of carbonyl (C=O) groups is 3. The molecule has 5 aliphatic carbocycles. The molecule has 11 heteroatoms. The summed E-state index contributed by atoms with van der Waals surface area (Å²) in [5.74, 6) is -1.18. The van der Waals surface area contributed by atoms with Crippen LogP contribution in [0.2, 0.25) is 0 Å². The second-order valence-electron chi connectivity index (χ2n) is 11.6. The van der Waals surface area contributed by atoms with Gasteiger partial charge >= 0.3 is 16.5 Å². The van der Waals surface area contributed by atoms with Crippen molar-refractivity contribution < 1.29 is 41.0 Å². The molecule has 36 heavy (non-hydrogen) atoms. The van der Waals surface area contributed by atoms with Crippen LogP contribution in [-0.4, -0.2) is 75.0 Å². The summed E-state index contributed by atoms with van der Waals surface area (Å²) in [6, 6.07) is 0. The molecule has 1 spiro atoms. The molecule has 1 heterocycles. The third-order valence-electron chi connectivity index (χ3n) is 9.97. The minimum Gasteiger partial charge on any atom is -0.449 e. The Hall–Kier alpha value is -1.82. The molecule has 6 aliphatic rings. The van der Waals surface area contributed by atoms with Gasteiger partial charge in [-0.3, -0.25) is 14.1 Å². The third-order valence-corrected chi connectivity index (χ3v) is 10.4. The SMILES string of the molecule is C=C1C(=O)C23CC[C@@H]1CC2[C@]1(COS(=O)(=O)O)CCC[C@@](C)(COC(=O)N2CCOCC2)C1CC3=O. The zero-order valence-electron chi connectivity index (χ0n) is 20.7. The van der Waals surface area contributed by atoms with E-state index in [9.17, 15) is 27.4 Å². The molecule has 1 saturated heterocycles. The van der Waals surface area contributed by atoms with Gasteiger partial charge in [0.15, 0.2) is 5.78 Å². The van der Waals surface area contributed by atoms with E-state index in [0.29, 0.717) is 70.4 Å². The zero-order valence-corrected chi connectivity index (χ0v) is 21.5. The fraction of sp³-hybridized carbons (Fsp3) is 0.800. The van der Waals surface area contributed by atoms with Crippen molar-refractivity contribution in [2.45, 2.75) is 51.9 Å². The molecular weight excluding hydrogens is 490 g/mol. The molecule has 200 valence electrons.